The SMILES string of the molecule is CC(C)C[C@H](N)C(=O)Nc1cccc(NC(=O)c2ccoc2)c1. The van der Waals surface area contributed by atoms with E-state index in [0.717, 1.165) is 0 Å². The van der Waals surface area contributed by atoms with E-state index >= 15 is 0 Å². The maximum atomic E-state index is 12.0. The molecule has 2 amide bonds. The zero-order valence-corrected chi connectivity index (χ0v) is 13.2. The molecule has 1 aromatic carbocycles. The number of anilines is 2. The second-order valence-corrected chi connectivity index (χ2v) is 5.77. The third-order valence-electron chi connectivity index (χ3n) is 3.23. The van der Waals surface area contributed by atoms with Gasteiger partial charge in [0.05, 0.1) is 17.9 Å². The Morgan fingerprint density at radius 2 is 1.87 bits per heavy atom. The molecular formula is C17H21N3O3. The highest BCUT2D eigenvalue weighted by Gasteiger charge is 2.15. The Labute approximate surface area is 135 Å². The van der Waals surface area contributed by atoms with Gasteiger partial charge in [-0.15, -0.1) is 0 Å². The highest BCUT2D eigenvalue weighted by atomic mass is 16.3. The molecule has 1 aromatic heterocycles. The third kappa shape index (κ3) is 4.96. The molecule has 0 fully saturated rings. The first-order valence-electron chi connectivity index (χ1n) is 7.45. The van der Waals surface area contributed by atoms with E-state index in [1.54, 1.807) is 30.3 Å². The van der Waals surface area contributed by atoms with E-state index in [9.17, 15) is 9.59 Å². The van der Waals surface area contributed by atoms with Crippen molar-refractivity contribution >= 4 is 23.2 Å². The summed E-state index contributed by atoms with van der Waals surface area (Å²) in [6, 6.07) is 7.92. The smallest absolute Gasteiger partial charge is 0.258 e. The van der Waals surface area contributed by atoms with Crippen LogP contribution in [-0.2, 0) is 4.79 Å². The number of furan rings is 1. The van der Waals surface area contributed by atoms with Crippen molar-refractivity contribution < 1.29 is 14.0 Å². The van der Waals surface area contributed by atoms with Gasteiger partial charge in [0.1, 0.15) is 6.26 Å². The standard InChI is InChI=1S/C17H21N3O3/c1-11(2)8-15(18)17(22)20-14-5-3-4-13(9-14)19-16(21)12-6-7-23-10-12/h3-7,9-11,15H,8,18H2,1-2H3,(H,19,21)(H,20,22)/t15-/m0/s1. The van der Waals surface area contributed by atoms with Crippen molar-refractivity contribution in [1.82, 2.24) is 0 Å². The van der Waals surface area contributed by atoms with E-state index < -0.39 is 6.04 Å². The van der Waals surface area contributed by atoms with Gasteiger partial charge in [-0.05, 0) is 36.6 Å². The van der Waals surface area contributed by atoms with Crippen LogP contribution in [0.5, 0.6) is 0 Å². The fraction of sp³-hybridized carbons (Fsp3) is 0.294. The Hall–Kier alpha value is -2.60. The Morgan fingerprint density at radius 1 is 1.17 bits per heavy atom. The molecule has 0 saturated heterocycles. The predicted molar refractivity (Wildman–Crippen MR) is 89.2 cm³/mol. The second kappa shape index (κ2) is 7.60. The predicted octanol–water partition coefficient (Wildman–Crippen LogP) is 2.84. The van der Waals surface area contributed by atoms with Crippen molar-refractivity contribution in [2.24, 2.45) is 11.7 Å². The van der Waals surface area contributed by atoms with Gasteiger partial charge >= 0.3 is 0 Å². The van der Waals surface area contributed by atoms with Gasteiger partial charge in [0.15, 0.2) is 0 Å². The average molecular weight is 315 g/mol. The molecule has 0 spiro atoms. The summed E-state index contributed by atoms with van der Waals surface area (Å²) in [5.74, 6) is -0.174. The number of nitrogens with two attached hydrogens (primary N) is 1. The van der Waals surface area contributed by atoms with Crippen LogP contribution in [0, 0.1) is 5.92 Å². The van der Waals surface area contributed by atoms with Crippen LogP contribution in [0.3, 0.4) is 0 Å². The Bertz CT molecular complexity index is 665. The third-order valence-corrected chi connectivity index (χ3v) is 3.23. The van der Waals surface area contributed by atoms with Gasteiger partial charge in [-0.1, -0.05) is 19.9 Å². The molecule has 1 atom stereocenters. The summed E-state index contributed by atoms with van der Waals surface area (Å²) in [5.41, 5.74) is 7.44. The van der Waals surface area contributed by atoms with E-state index in [-0.39, 0.29) is 11.8 Å². The summed E-state index contributed by atoms with van der Waals surface area (Å²) in [6.45, 7) is 4.03. The van der Waals surface area contributed by atoms with Crippen LogP contribution in [0.4, 0.5) is 11.4 Å². The number of hydrogen-bond donors (Lipinski definition) is 3. The summed E-state index contributed by atoms with van der Waals surface area (Å²) in [6.07, 6.45) is 3.41. The lowest BCUT2D eigenvalue weighted by Gasteiger charge is -2.14. The van der Waals surface area contributed by atoms with Crippen molar-refractivity contribution in [1.29, 1.82) is 0 Å². The lowest BCUT2D eigenvalue weighted by molar-refractivity contribution is -0.117. The van der Waals surface area contributed by atoms with E-state index in [2.05, 4.69) is 10.6 Å². The molecule has 6 heteroatoms. The van der Waals surface area contributed by atoms with Gasteiger partial charge < -0.3 is 20.8 Å². The molecule has 4 N–H and O–H groups in total. The number of amides is 2. The first-order chi connectivity index (χ1) is 11.0. The fourth-order valence-corrected chi connectivity index (χ4v) is 2.12. The van der Waals surface area contributed by atoms with Crippen molar-refractivity contribution in [3.63, 3.8) is 0 Å². The average Bonchev–Trinajstić information content (AvgIpc) is 3.01. The summed E-state index contributed by atoms with van der Waals surface area (Å²) in [4.78, 5) is 24.0. The van der Waals surface area contributed by atoms with Crippen LogP contribution in [-0.4, -0.2) is 17.9 Å². The monoisotopic (exact) mass is 315 g/mol. The molecule has 0 saturated carbocycles. The number of carbonyl (C=O) groups excluding carboxylic acids is 2. The Balaban J connectivity index is 1.99. The van der Waals surface area contributed by atoms with Crippen LogP contribution >= 0.6 is 0 Å². The normalized spacial score (nSPS) is 12.0. The number of rotatable bonds is 6. The second-order valence-electron chi connectivity index (χ2n) is 5.77. The largest absolute Gasteiger partial charge is 0.472 e. The van der Waals surface area contributed by atoms with Crippen molar-refractivity contribution in [3.8, 4) is 0 Å². The first-order valence-corrected chi connectivity index (χ1v) is 7.45. The number of hydrogen-bond acceptors (Lipinski definition) is 4. The van der Waals surface area contributed by atoms with Crippen molar-refractivity contribution in [2.75, 3.05) is 10.6 Å². The molecule has 23 heavy (non-hydrogen) atoms. The fourth-order valence-electron chi connectivity index (χ4n) is 2.12. The van der Waals surface area contributed by atoms with Gasteiger partial charge in [-0.3, -0.25) is 9.59 Å². The Kier molecular flexibility index (Phi) is 5.54. The Morgan fingerprint density at radius 3 is 2.48 bits per heavy atom. The molecule has 0 bridgehead atoms. The molecule has 0 radical (unpaired) electrons. The molecule has 122 valence electrons. The minimum atomic E-state index is -0.556. The molecule has 0 aliphatic heterocycles. The van der Waals surface area contributed by atoms with Crippen LogP contribution in [0.2, 0.25) is 0 Å². The molecule has 1 heterocycles. The van der Waals surface area contributed by atoms with Crippen LogP contribution in [0.25, 0.3) is 0 Å². The molecule has 6 nitrogen and oxygen atoms in total. The lowest BCUT2D eigenvalue weighted by atomic mass is 10.0. The summed E-state index contributed by atoms with van der Waals surface area (Å²) < 4.78 is 4.88. The van der Waals surface area contributed by atoms with Crippen molar-refractivity contribution in [2.45, 2.75) is 26.3 Å². The molecule has 2 aromatic rings. The molecule has 0 unspecified atom stereocenters. The summed E-state index contributed by atoms with van der Waals surface area (Å²) in [5, 5.41) is 5.50. The zero-order valence-electron chi connectivity index (χ0n) is 13.2. The topological polar surface area (TPSA) is 97.4 Å². The number of carbonyl (C=O) groups is 2. The molecule has 0 aliphatic carbocycles. The van der Waals surface area contributed by atoms with Crippen LogP contribution in [0.15, 0.2) is 47.3 Å². The van der Waals surface area contributed by atoms with Gasteiger partial charge in [-0.25, -0.2) is 0 Å². The van der Waals surface area contributed by atoms with E-state index in [0.29, 0.717) is 29.3 Å². The van der Waals surface area contributed by atoms with E-state index in [4.69, 9.17) is 10.2 Å². The highest BCUT2D eigenvalue weighted by Crippen LogP contribution is 2.17. The summed E-state index contributed by atoms with van der Waals surface area (Å²) in [7, 11) is 0. The maximum absolute atomic E-state index is 12.0. The van der Waals surface area contributed by atoms with E-state index in [1.807, 2.05) is 13.8 Å². The maximum Gasteiger partial charge on any atom is 0.258 e. The summed E-state index contributed by atoms with van der Waals surface area (Å²) >= 11 is 0. The molecular weight excluding hydrogens is 294 g/mol. The van der Waals surface area contributed by atoms with Crippen molar-refractivity contribution in [3.05, 3.63) is 48.4 Å². The number of nitrogens with one attached hydrogen (secondary N) is 2. The first kappa shape index (κ1) is 16.8. The van der Waals surface area contributed by atoms with E-state index in [1.165, 1.54) is 12.5 Å². The minimum Gasteiger partial charge on any atom is -0.472 e. The minimum absolute atomic E-state index is 0.239. The van der Waals surface area contributed by atoms with Gasteiger partial charge in [-0.2, -0.15) is 0 Å². The molecule has 0 aliphatic rings. The number of benzene rings is 1. The zero-order chi connectivity index (χ0) is 16.8. The highest BCUT2D eigenvalue weighted by molar-refractivity contribution is 6.04. The van der Waals surface area contributed by atoms with Gasteiger partial charge in [0.2, 0.25) is 5.91 Å². The van der Waals surface area contributed by atoms with Gasteiger partial charge in [0.25, 0.3) is 5.91 Å². The molecule has 2 rings (SSSR count). The lowest BCUT2D eigenvalue weighted by Crippen LogP contribution is -2.36. The quantitative estimate of drug-likeness (QED) is 0.763. The van der Waals surface area contributed by atoms with Crippen LogP contribution < -0.4 is 16.4 Å². The van der Waals surface area contributed by atoms with Gasteiger partial charge in [0, 0.05) is 11.4 Å². The van der Waals surface area contributed by atoms with Crippen LogP contribution in [0.1, 0.15) is 30.6 Å².